The van der Waals surface area contributed by atoms with E-state index in [4.69, 9.17) is 23.2 Å². The van der Waals surface area contributed by atoms with Gasteiger partial charge >= 0.3 is 0 Å². The standard InChI is InChI=1S/C17H18Cl2FN/c1-10-8-15(19)11(2)7-12(10)17(21-3)9-13-14(18)5-4-6-16(13)20/h4-8,17,21H,9H2,1-3H3. The van der Waals surface area contributed by atoms with E-state index < -0.39 is 0 Å². The summed E-state index contributed by atoms with van der Waals surface area (Å²) >= 11 is 12.3. The van der Waals surface area contributed by atoms with Crippen molar-refractivity contribution in [2.45, 2.75) is 26.3 Å². The largest absolute Gasteiger partial charge is 0.313 e. The zero-order valence-electron chi connectivity index (χ0n) is 12.3. The molecule has 0 bridgehead atoms. The van der Waals surface area contributed by atoms with Crippen LogP contribution in [0.3, 0.4) is 0 Å². The second-order valence-corrected chi connectivity index (χ2v) is 6.02. The van der Waals surface area contributed by atoms with E-state index in [-0.39, 0.29) is 11.9 Å². The summed E-state index contributed by atoms with van der Waals surface area (Å²) in [4.78, 5) is 0. The van der Waals surface area contributed by atoms with Crippen molar-refractivity contribution in [2.24, 2.45) is 0 Å². The van der Waals surface area contributed by atoms with Gasteiger partial charge in [0.25, 0.3) is 0 Å². The molecule has 1 N–H and O–H groups in total. The Balaban J connectivity index is 2.39. The Morgan fingerprint density at radius 2 is 1.81 bits per heavy atom. The topological polar surface area (TPSA) is 12.0 Å². The molecule has 0 saturated heterocycles. The Labute approximate surface area is 135 Å². The lowest BCUT2D eigenvalue weighted by atomic mass is 9.94. The zero-order chi connectivity index (χ0) is 15.6. The van der Waals surface area contributed by atoms with Crippen LogP contribution < -0.4 is 5.32 Å². The second-order valence-electron chi connectivity index (χ2n) is 5.20. The number of benzene rings is 2. The van der Waals surface area contributed by atoms with Gasteiger partial charge in [-0.25, -0.2) is 4.39 Å². The summed E-state index contributed by atoms with van der Waals surface area (Å²) in [6.45, 7) is 3.97. The first kappa shape index (κ1) is 16.3. The molecule has 4 heteroatoms. The summed E-state index contributed by atoms with van der Waals surface area (Å²) in [7, 11) is 1.86. The Bertz CT molecular complexity index is 635. The lowest BCUT2D eigenvalue weighted by molar-refractivity contribution is 0.552. The molecule has 0 saturated carbocycles. The van der Waals surface area contributed by atoms with E-state index in [1.807, 2.05) is 33.0 Å². The highest BCUT2D eigenvalue weighted by Gasteiger charge is 2.17. The number of likely N-dealkylation sites (N-methyl/N-ethyl adjacent to an activating group) is 1. The van der Waals surface area contributed by atoms with Gasteiger partial charge in [-0.3, -0.25) is 0 Å². The fraction of sp³-hybridized carbons (Fsp3) is 0.294. The number of rotatable bonds is 4. The molecular formula is C17H18Cl2FN. The molecule has 2 aromatic rings. The van der Waals surface area contributed by atoms with E-state index in [9.17, 15) is 4.39 Å². The highest BCUT2D eigenvalue weighted by molar-refractivity contribution is 6.31. The summed E-state index contributed by atoms with van der Waals surface area (Å²) in [5, 5.41) is 4.44. The van der Waals surface area contributed by atoms with Gasteiger partial charge < -0.3 is 5.32 Å². The Hall–Kier alpha value is -1.09. The van der Waals surface area contributed by atoms with Gasteiger partial charge in [0.15, 0.2) is 0 Å². The average Bonchev–Trinajstić information content (AvgIpc) is 2.43. The highest BCUT2D eigenvalue weighted by atomic mass is 35.5. The molecule has 0 spiro atoms. The fourth-order valence-electron chi connectivity index (χ4n) is 2.48. The lowest BCUT2D eigenvalue weighted by Crippen LogP contribution is -2.20. The third-order valence-electron chi connectivity index (χ3n) is 3.74. The molecule has 2 rings (SSSR count). The molecular weight excluding hydrogens is 308 g/mol. The lowest BCUT2D eigenvalue weighted by Gasteiger charge is -2.21. The van der Waals surface area contributed by atoms with Crippen LogP contribution in [-0.4, -0.2) is 7.05 Å². The van der Waals surface area contributed by atoms with E-state index in [1.165, 1.54) is 6.07 Å². The predicted octanol–water partition coefficient (Wildman–Crippen LogP) is 5.25. The van der Waals surface area contributed by atoms with Gasteiger partial charge in [-0.2, -0.15) is 0 Å². The first-order valence-corrected chi connectivity index (χ1v) is 7.56. The number of hydrogen-bond donors (Lipinski definition) is 1. The van der Waals surface area contributed by atoms with Gasteiger partial charge in [-0.05, 0) is 62.2 Å². The molecule has 0 aliphatic heterocycles. The van der Waals surface area contributed by atoms with Crippen LogP contribution in [0.5, 0.6) is 0 Å². The molecule has 0 aromatic heterocycles. The van der Waals surface area contributed by atoms with Crippen LogP contribution in [0.2, 0.25) is 10.0 Å². The smallest absolute Gasteiger partial charge is 0.127 e. The molecule has 0 radical (unpaired) electrons. The summed E-state index contributed by atoms with van der Waals surface area (Å²) in [6.07, 6.45) is 0.490. The van der Waals surface area contributed by atoms with E-state index >= 15 is 0 Å². The SMILES string of the molecule is CNC(Cc1c(F)cccc1Cl)c1cc(C)c(Cl)cc1C. The van der Waals surface area contributed by atoms with Crippen LogP contribution in [0.25, 0.3) is 0 Å². The van der Waals surface area contributed by atoms with Crippen LogP contribution in [0, 0.1) is 19.7 Å². The number of aryl methyl sites for hydroxylation is 2. The minimum atomic E-state index is -0.272. The minimum absolute atomic E-state index is 0.0182. The van der Waals surface area contributed by atoms with Crippen molar-refractivity contribution < 1.29 is 4.39 Å². The molecule has 0 fully saturated rings. The van der Waals surface area contributed by atoms with Crippen molar-refractivity contribution in [1.82, 2.24) is 5.32 Å². The molecule has 1 atom stereocenters. The molecule has 0 amide bonds. The van der Waals surface area contributed by atoms with Crippen LogP contribution in [-0.2, 0) is 6.42 Å². The van der Waals surface area contributed by atoms with Crippen LogP contribution in [0.4, 0.5) is 4.39 Å². The first-order chi connectivity index (χ1) is 9.93. The monoisotopic (exact) mass is 325 g/mol. The van der Waals surface area contributed by atoms with Crippen molar-refractivity contribution in [3.05, 3.63) is 68.4 Å². The van der Waals surface area contributed by atoms with Crippen molar-refractivity contribution in [3.8, 4) is 0 Å². The second kappa shape index (κ2) is 6.78. The number of halogens is 3. The highest BCUT2D eigenvalue weighted by Crippen LogP contribution is 2.29. The average molecular weight is 326 g/mol. The van der Waals surface area contributed by atoms with Crippen LogP contribution in [0.15, 0.2) is 30.3 Å². The Morgan fingerprint density at radius 1 is 1.10 bits per heavy atom. The third kappa shape index (κ3) is 3.57. The summed E-state index contributed by atoms with van der Waals surface area (Å²) in [6, 6.07) is 8.75. The maximum atomic E-state index is 14.0. The van der Waals surface area contributed by atoms with Crippen LogP contribution in [0.1, 0.15) is 28.3 Å². The van der Waals surface area contributed by atoms with Gasteiger partial charge in [0.05, 0.1) is 0 Å². The third-order valence-corrected chi connectivity index (χ3v) is 4.50. The molecule has 0 heterocycles. The summed E-state index contributed by atoms with van der Waals surface area (Å²) < 4.78 is 14.0. The molecule has 1 nitrogen and oxygen atoms in total. The predicted molar refractivity (Wildman–Crippen MR) is 87.8 cm³/mol. The van der Waals surface area contributed by atoms with Crippen LogP contribution >= 0.6 is 23.2 Å². The molecule has 0 aliphatic carbocycles. The molecule has 112 valence electrons. The molecule has 21 heavy (non-hydrogen) atoms. The first-order valence-electron chi connectivity index (χ1n) is 6.80. The van der Waals surface area contributed by atoms with Gasteiger partial charge in [0.2, 0.25) is 0 Å². The van der Waals surface area contributed by atoms with Gasteiger partial charge in [0.1, 0.15) is 5.82 Å². The molecule has 1 unspecified atom stereocenters. The number of hydrogen-bond acceptors (Lipinski definition) is 1. The Kier molecular flexibility index (Phi) is 5.26. The normalized spacial score (nSPS) is 12.5. The Morgan fingerprint density at radius 3 is 2.43 bits per heavy atom. The van der Waals surface area contributed by atoms with E-state index in [2.05, 4.69) is 5.32 Å². The van der Waals surface area contributed by atoms with E-state index in [0.717, 1.165) is 21.7 Å². The van der Waals surface area contributed by atoms with Crippen molar-refractivity contribution >= 4 is 23.2 Å². The van der Waals surface area contributed by atoms with Crippen molar-refractivity contribution in [2.75, 3.05) is 7.05 Å². The maximum absolute atomic E-state index is 14.0. The quantitative estimate of drug-likeness (QED) is 0.809. The maximum Gasteiger partial charge on any atom is 0.127 e. The zero-order valence-corrected chi connectivity index (χ0v) is 13.8. The molecule has 0 aliphatic rings. The summed E-state index contributed by atoms with van der Waals surface area (Å²) in [5.41, 5.74) is 3.73. The van der Waals surface area contributed by atoms with Gasteiger partial charge in [0, 0.05) is 21.7 Å². The minimum Gasteiger partial charge on any atom is -0.313 e. The van der Waals surface area contributed by atoms with E-state index in [0.29, 0.717) is 17.0 Å². The van der Waals surface area contributed by atoms with Gasteiger partial charge in [-0.15, -0.1) is 0 Å². The van der Waals surface area contributed by atoms with Gasteiger partial charge in [-0.1, -0.05) is 35.3 Å². The molecule has 2 aromatic carbocycles. The number of nitrogens with one attached hydrogen (secondary N) is 1. The van der Waals surface area contributed by atoms with Crippen molar-refractivity contribution in [3.63, 3.8) is 0 Å². The fourth-order valence-corrected chi connectivity index (χ4v) is 2.94. The van der Waals surface area contributed by atoms with E-state index in [1.54, 1.807) is 12.1 Å². The van der Waals surface area contributed by atoms with Crippen molar-refractivity contribution in [1.29, 1.82) is 0 Å². The summed E-state index contributed by atoms with van der Waals surface area (Å²) in [5.74, 6) is -0.272.